The molecule has 0 saturated carbocycles. The molecule has 0 unspecified atom stereocenters. The second-order valence-corrected chi connectivity index (χ2v) is 4.34. The molecule has 0 aliphatic heterocycles. The lowest BCUT2D eigenvalue weighted by Crippen LogP contribution is -1.89. The van der Waals surface area contributed by atoms with E-state index in [1.165, 1.54) is 36.2 Å². The Hall–Kier alpha value is -2.08. The average Bonchev–Trinajstić information content (AvgIpc) is 2.38. The summed E-state index contributed by atoms with van der Waals surface area (Å²) in [6.45, 7) is 0. The number of benzene rings is 2. The van der Waals surface area contributed by atoms with Gasteiger partial charge in [0, 0.05) is 22.7 Å². The van der Waals surface area contributed by atoms with Crippen LogP contribution in [0, 0.1) is 15.9 Å². The molecule has 0 saturated heterocycles. The van der Waals surface area contributed by atoms with Crippen molar-refractivity contribution in [2.45, 2.75) is 4.90 Å². The molecule has 92 valence electrons. The van der Waals surface area contributed by atoms with Gasteiger partial charge < -0.3 is 4.72 Å². The molecule has 0 bridgehead atoms. The van der Waals surface area contributed by atoms with Gasteiger partial charge in [-0.3, -0.25) is 10.1 Å². The number of nitro benzene ring substituents is 1. The minimum absolute atomic E-state index is 0.0485. The zero-order valence-electron chi connectivity index (χ0n) is 9.17. The average molecular weight is 264 g/mol. The molecule has 0 radical (unpaired) electrons. The van der Waals surface area contributed by atoms with Gasteiger partial charge in [0.2, 0.25) is 0 Å². The molecular weight excluding hydrogens is 255 g/mol. The summed E-state index contributed by atoms with van der Waals surface area (Å²) in [4.78, 5) is 10.9. The minimum atomic E-state index is -0.448. The molecule has 0 fully saturated rings. The Morgan fingerprint density at radius 2 is 1.67 bits per heavy atom. The quantitative estimate of drug-likeness (QED) is 0.517. The molecule has 2 rings (SSSR count). The summed E-state index contributed by atoms with van der Waals surface area (Å²) in [5, 5.41) is 10.5. The number of hydrogen-bond donors (Lipinski definition) is 1. The van der Waals surface area contributed by atoms with Crippen LogP contribution in [-0.4, -0.2) is 4.92 Å². The van der Waals surface area contributed by atoms with Crippen molar-refractivity contribution >= 4 is 23.3 Å². The molecule has 0 aromatic heterocycles. The first-order valence-corrected chi connectivity index (χ1v) is 5.90. The summed E-state index contributed by atoms with van der Waals surface area (Å²) >= 11 is 1.31. The molecule has 2 aromatic carbocycles. The maximum atomic E-state index is 12.7. The summed E-state index contributed by atoms with van der Waals surface area (Å²) in [5.74, 6) is -0.283. The van der Waals surface area contributed by atoms with E-state index in [1.807, 2.05) is 0 Å². The van der Waals surface area contributed by atoms with Crippen LogP contribution in [0.4, 0.5) is 15.8 Å². The third kappa shape index (κ3) is 3.21. The Labute approximate surface area is 107 Å². The second-order valence-electron chi connectivity index (χ2n) is 3.46. The molecule has 6 heteroatoms. The summed E-state index contributed by atoms with van der Waals surface area (Å²) in [6, 6.07) is 12.1. The van der Waals surface area contributed by atoms with Gasteiger partial charge in [-0.25, -0.2) is 4.39 Å². The Kier molecular flexibility index (Phi) is 3.78. The number of nitro groups is 1. The summed E-state index contributed by atoms with van der Waals surface area (Å²) < 4.78 is 15.7. The highest BCUT2D eigenvalue weighted by molar-refractivity contribution is 8.00. The molecule has 0 aliphatic rings. The fourth-order valence-corrected chi connectivity index (χ4v) is 1.92. The molecule has 18 heavy (non-hydrogen) atoms. The highest BCUT2D eigenvalue weighted by Gasteiger charge is 2.03. The first kappa shape index (κ1) is 12.4. The van der Waals surface area contributed by atoms with Gasteiger partial charge in [0.05, 0.1) is 4.92 Å². The normalized spacial score (nSPS) is 10.1. The summed E-state index contributed by atoms with van der Waals surface area (Å²) in [5.41, 5.74) is 0.794. The smallest absolute Gasteiger partial charge is 0.269 e. The van der Waals surface area contributed by atoms with E-state index in [0.717, 1.165) is 10.6 Å². The zero-order valence-corrected chi connectivity index (χ0v) is 9.99. The molecule has 0 heterocycles. The van der Waals surface area contributed by atoms with Crippen LogP contribution in [-0.2, 0) is 0 Å². The predicted octanol–water partition coefficient (Wildman–Crippen LogP) is 3.85. The van der Waals surface area contributed by atoms with Crippen molar-refractivity contribution in [1.82, 2.24) is 0 Å². The molecule has 1 N–H and O–H groups in total. The van der Waals surface area contributed by atoms with Gasteiger partial charge >= 0.3 is 0 Å². The lowest BCUT2D eigenvalue weighted by Gasteiger charge is -2.04. The zero-order chi connectivity index (χ0) is 13.0. The SMILES string of the molecule is O=[N+]([O-])c1ccc(NSc2ccc(F)cc2)cc1. The van der Waals surface area contributed by atoms with E-state index in [-0.39, 0.29) is 11.5 Å². The van der Waals surface area contributed by atoms with Crippen LogP contribution in [0.15, 0.2) is 53.4 Å². The van der Waals surface area contributed by atoms with Crippen LogP contribution in [0.5, 0.6) is 0 Å². The Morgan fingerprint density at radius 1 is 1.06 bits per heavy atom. The van der Waals surface area contributed by atoms with Gasteiger partial charge in [-0.05, 0) is 48.3 Å². The Balaban J connectivity index is 1.97. The lowest BCUT2D eigenvalue weighted by atomic mass is 10.3. The summed E-state index contributed by atoms with van der Waals surface area (Å²) in [6.07, 6.45) is 0. The van der Waals surface area contributed by atoms with E-state index < -0.39 is 4.92 Å². The van der Waals surface area contributed by atoms with Gasteiger partial charge in [0.25, 0.3) is 5.69 Å². The first-order chi connectivity index (χ1) is 8.65. The van der Waals surface area contributed by atoms with Crippen molar-refractivity contribution in [3.05, 3.63) is 64.5 Å². The van der Waals surface area contributed by atoms with E-state index in [2.05, 4.69) is 4.72 Å². The minimum Gasteiger partial charge on any atom is -0.326 e. The highest BCUT2D eigenvalue weighted by atomic mass is 32.2. The van der Waals surface area contributed by atoms with Crippen LogP contribution in [0.1, 0.15) is 0 Å². The van der Waals surface area contributed by atoms with E-state index in [1.54, 1.807) is 24.3 Å². The number of nitrogens with zero attached hydrogens (tertiary/aromatic N) is 1. The van der Waals surface area contributed by atoms with Gasteiger partial charge in [0.15, 0.2) is 0 Å². The molecular formula is C12H9FN2O2S. The molecule has 0 aliphatic carbocycles. The molecule has 0 spiro atoms. The maximum Gasteiger partial charge on any atom is 0.269 e. The van der Waals surface area contributed by atoms with Crippen LogP contribution in [0.2, 0.25) is 0 Å². The molecule has 0 atom stereocenters. The fourth-order valence-electron chi connectivity index (χ4n) is 1.27. The third-order valence-corrected chi connectivity index (χ3v) is 3.02. The van der Waals surface area contributed by atoms with Crippen LogP contribution >= 0.6 is 11.9 Å². The molecule has 4 nitrogen and oxygen atoms in total. The van der Waals surface area contributed by atoms with Crippen molar-refractivity contribution in [3.8, 4) is 0 Å². The summed E-state index contributed by atoms with van der Waals surface area (Å²) in [7, 11) is 0. The fraction of sp³-hybridized carbons (Fsp3) is 0. The van der Waals surface area contributed by atoms with Crippen LogP contribution in [0.3, 0.4) is 0 Å². The third-order valence-electron chi connectivity index (χ3n) is 2.18. The monoisotopic (exact) mass is 264 g/mol. The Bertz CT molecular complexity index is 543. The van der Waals surface area contributed by atoms with E-state index in [4.69, 9.17) is 0 Å². The standard InChI is InChI=1S/C12H9FN2O2S/c13-9-1-7-12(8-2-9)18-14-10-3-5-11(6-4-10)15(16)17/h1-8,14H. The number of non-ortho nitro benzene ring substituents is 1. The second kappa shape index (κ2) is 5.50. The number of halogens is 1. The van der Waals surface area contributed by atoms with Crippen LogP contribution in [0.25, 0.3) is 0 Å². The van der Waals surface area contributed by atoms with Crippen molar-refractivity contribution in [2.24, 2.45) is 0 Å². The van der Waals surface area contributed by atoms with Gasteiger partial charge in [-0.15, -0.1) is 0 Å². The van der Waals surface area contributed by atoms with Crippen molar-refractivity contribution in [1.29, 1.82) is 0 Å². The number of rotatable bonds is 4. The first-order valence-electron chi connectivity index (χ1n) is 5.08. The number of hydrogen-bond acceptors (Lipinski definition) is 4. The lowest BCUT2D eigenvalue weighted by molar-refractivity contribution is -0.384. The van der Waals surface area contributed by atoms with Gasteiger partial charge in [0.1, 0.15) is 5.82 Å². The Morgan fingerprint density at radius 3 is 2.22 bits per heavy atom. The van der Waals surface area contributed by atoms with E-state index >= 15 is 0 Å². The van der Waals surface area contributed by atoms with Gasteiger partial charge in [-0.2, -0.15) is 0 Å². The number of anilines is 1. The molecule has 2 aromatic rings. The predicted molar refractivity (Wildman–Crippen MR) is 69.0 cm³/mol. The van der Waals surface area contributed by atoms with E-state index in [9.17, 15) is 14.5 Å². The van der Waals surface area contributed by atoms with Crippen molar-refractivity contribution in [2.75, 3.05) is 4.72 Å². The van der Waals surface area contributed by atoms with E-state index in [0.29, 0.717) is 0 Å². The largest absolute Gasteiger partial charge is 0.326 e. The highest BCUT2D eigenvalue weighted by Crippen LogP contribution is 2.22. The topological polar surface area (TPSA) is 55.2 Å². The van der Waals surface area contributed by atoms with Gasteiger partial charge in [-0.1, -0.05) is 0 Å². The van der Waals surface area contributed by atoms with Crippen molar-refractivity contribution in [3.63, 3.8) is 0 Å². The molecule has 0 amide bonds. The van der Waals surface area contributed by atoms with Crippen molar-refractivity contribution < 1.29 is 9.31 Å². The van der Waals surface area contributed by atoms with Crippen LogP contribution < -0.4 is 4.72 Å². The maximum absolute atomic E-state index is 12.7. The number of nitrogens with one attached hydrogen (secondary N) is 1.